The van der Waals surface area contributed by atoms with Gasteiger partial charge in [-0.05, 0) is 24.6 Å². The largest absolute Gasteiger partial charge is 0.465 e. The fourth-order valence-electron chi connectivity index (χ4n) is 1.23. The summed E-state index contributed by atoms with van der Waals surface area (Å²) in [5.74, 6) is -0.575. The summed E-state index contributed by atoms with van der Waals surface area (Å²) in [5, 5.41) is 2.60. The van der Waals surface area contributed by atoms with Gasteiger partial charge in [-0.3, -0.25) is 4.79 Å². The number of methoxy groups -OCH3 is 1. The molecule has 0 aliphatic carbocycles. The lowest BCUT2D eigenvalue weighted by Gasteiger charge is -2.07. The van der Waals surface area contributed by atoms with Crippen LogP contribution in [0.3, 0.4) is 0 Å². The molecule has 0 spiro atoms. The molecular formula is C11H13NO3. The number of carbonyl (C=O) groups excluding carboxylic acids is 2. The quantitative estimate of drug-likeness (QED) is 0.751. The van der Waals surface area contributed by atoms with Crippen LogP contribution in [0, 0.1) is 6.92 Å². The van der Waals surface area contributed by atoms with E-state index in [1.54, 1.807) is 18.2 Å². The van der Waals surface area contributed by atoms with Gasteiger partial charge in [0.15, 0.2) is 0 Å². The summed E-state index contributed by atoms with van der Waals surface area (Å²) in [5.41, 5.74) is 1.87. The molecule has 0 saturated heterocycles. The van der Waals surface area contributed by atoms with Crippen LogP contribution in [0.15, 0.2) is 18.2 Å². The van der Waals surface area contributed by atoms with Crippen molar-refractivity contribution >= 4 is 17.6 Å². The fourth-order valence-corrected chi connectivity index (χ4v) is 1.23. The van der Waals surface area contributed by atoms with Gasteiger partial charge in [-0.1, -0.05) is 6.07 Å². The van der Waals surface area contributed by atoms with E-state index in [-0.39, 0.29) is 5.91 Å². The molecule has 0 aliphatic rings. The summed E-state index contributed by atoms with van der Waals surface area (Å²) in [6.07, 6.45) is 0. The minimum atomic E-state index is -0.403. The summed E-state index contributed by atoms with van der Waals surface area (Å²) in [7, 11) is 1.33. The summed E-state index contributed by atoms with van der Waals surface area (Å²) in [6.45, 7) is 3.22. The molecule has 1 rings (SSSR count). The van der Waals surface area contributed by atoms with Crippen LogP contribution in [-0.2, 0) is 9.53 Å². The highest BCUT2D eigenvalue weighted by atomic mass is 16.5. The molecule has 1 aromatic rings. The van der Waals surface area contributed by atoms with Gasteiger partial charge >= 0.3 is 5.97 Å². The number of ether oxygens (including phenoxy) is 1. The van der Waals surface area contributed by atoms with E-state index in [4.69, 9.17) is 0 Å². The zero-order chi connectivity index (χ0) is 11.4. The maximum atomic E-state index is 11.3. The Morgan fingerprint density at radius 3 is 2.53 bits per heavy atom. The molecule has 4 nitrogen and oxygen atoms in total. The normalized spacial score (nSPS) is 9.53. The molecule has 0 fully saturated rings. The molecule has 0 radical (unpaired) electrons. The topological polar surface area (TPSA) is 55.4 Å². The number of rotatable bonds is 2. The number of hydrogen-bond acceptors (Lipinski definition) is 3. The van der Waals surface area contributed by atoms with Crippen molar-refractivity contribution in [1.29, 1.82) is 0 Å². The highest BCUT2D eigenvalue weighted by Crippen LogP contribution is 2.16. The van der Waals surface area contributed by atoms with Crippen LogP contribution in [0.2, 0.25) is 0 Å². The number of amides is 1. The summed E-state index contributed by atoms with van der Waals surface area (Å²) >= 11 is 0. The lowest BCUT2D eigenvalue weighted by molar-refractivity contribution is -0.114. The van der Waals surface area contributed by atoms with Crippen molar-refractivity contribution in [3.63, 3.8) is 0 Å². The van der Waals surface area contributed by atoms with Crippen molar-refractivity contribution in [2.24, 2.45) is 0 Å². The van der Waals surface area contributed by atoms with E-state index in [0.717, 1.165) is 5.56 Å². The van der Waals surface area contributed by atoms with Gasteiger partial charge in [0.2, 0.25) is 5.91 Å². The Labute approximate surface area is 88.2 Å². The molecule has 1 aromatic carbocycles. The zero-order valence-electron chi connectivity index (χ0n) is 8.96. The zero-order valence-corrected chi connectivity index (χ0v) is 8.96. The minimum absolute atomic E-state index is 0.172. The number of carbonyl (C=O) groups is 2. The van der Waals surface area contributed by atoms with E-state index in [2.05, 4.69) is 10.1 Å². The Morgan fingerprint density at radius 2 is 2.00 bits per heavy atom. The average Bonchev–Trinajstić information content (AvgIpc) is 2.19. The van der Waals surface area contributed by atoms with Crippen molar-refractivity contribution in [2.45, 2.75) is 13.8 Å². The van der Waals surface area contributed by atoms with Crippen molar-refractivity contribution < 1.29 is 14.3 Å². The van der Waals surface area contributed by atoms with Crippen LogP contribution in [-0.4, -0.2) is 19.0 Å². The van der Waals surface area contributed by atoms with Crippen LogP contribution >= 0.6 is 0 Å². The number of benzene rings is 1. The van der Waals surface area contributed by atoms with E-state index in [0.29, 0.717) is 11.3 Å². The highest BCUT2D eigenvalue weighted by Gasteiger charge is 2.09. The third-order valence-corrected chi connectivity index (χ3v) is 1.96. The smallest absolute Gasteiger partial charge is 0.338 e. The van der Waals surface area contributed by atoms with E-state index in [1.807, 2.05) is 6.92 Å². The molecule has 0 bridgehead atoms. The first-order valence-electron chi connectivity index (χ1n) is 4.51. The number of esters is 1. The third-order valence-electron chi connectivity index (χ3n) is 1.96. The van der Waals surface area contributed by atoms with Crippen LogP contribution < -0.4 is 5.32 Å². The first-order valence-corrected chi connectivity index (χ1v) is 4.51. The fraction of sp³-hybridized carbons (Fsp3) is 0.273. The number of nitrogens with one attached hydrogen (secondary N) is 1. The maximum absolute atomic E-state index is 11.3. The molecule has 0 aromatic heterocycles. The van der Waals surface area contributed by atoms with Crippen molar-refractivity contribution in [3.8, 4) is 0 Å². The number of hydrogen-bond donors (Lipinski definition) is 1. The predicted octanol–water partition coefficient (Wildman–Crippen LogP) is 1.74. The highest BCUT2D eigenvalue weighted by molar-refractivity contribution is 5.94. The van der Waals surface area contributed by atoms with Gasteiger partial charge in [-0.15, -0.1) is 0 Å². The van der Waals surface area contributed by atoms with Gasteiger partial charge in [0.25, 0.3) is 0 Å². The Morgan fingerprint density at radius 1 is 1.33 bits per heavy atom. The number of aryl methyl sites for hydroxylation is 1. The second-order valence-corrected chi connectivity index (χ2v) is 3.20. The van der Waals surface area contributed by atoms with Crippen molar-refractivity contribution in [2.75, 3.05) is 12.4 Å². The Kier molecular flexibility index (Phi) is 3.44. The Hall–Kier alpha value is -1.84. The van der Waals surface area contributed by atoms with Crippen LogP contribution in [0.5, 0.6) is 0 Å². The Bertz CT molecular complexity index is 399. The lowest BCUT2D eigenvalue weighted by atomic mass is 10.1. The van der Waals surface area contributed by atoms with E-state index < -0.39 is 5.97 Å². The standard InChI is InChI=1S/C11H13NO3/c1-7-4-5-9(12-8(2)13)6-10(7)11(14)15-3/h4-6H,1-3H3,(H,12,13). The predicted molar refractivity (Wildman–Crippen MR) is 56.8 cm³/mol. The van der Waals surface area contributed by atoms with Crippen LogP contribution in [0.4, 0.5) is 5.69 Å². The molecule has 0 unspecified atom stereocenters. The molecule has 0 heterocycles. The van der Waals surface area contributed by atoms with Gasteiger partial charge in [0.1, 0.15) is 0 Å². The third kappa shape index (κ3) is 2.80. The average molecular weight is 207 g/mol. The molecule has 1 amide bonds. The van der Waals surface area contributed by atoms with Gasteiger partial charge in [0, 0.05) is 12.6 Å². The van der Waals surface area contributed by atoms with E-state index in [1.165, 1.54) is 14.0 Å². The van der Waals surface area contributed by atoms with Crippen molar-refractivity contribution in [3.05, 3.63) is 29.3 Å². The monoisotopic (exact) mass is 207 g/mol. The molecule has 0 aliphatic heterocycles. The summed E-state index contributed by atoms with van der Waals surface area (Å²) in [4.78, 5) is 22.2. The molecule has 0 saturated carbocycles. The molecule has 1 N–H and O–H groups in total. The van der Waals surface area contributed by atoms with E-state index >= 15 is 0 Å². The molecule has 0 atom stereocenters. The summed E-state index contributed by atoms with van der Waals surface area (Å²) < 4.78 is 4.63. The van der Waals surface area contributed by atoms with Crippen molar-refractivity contribution in [1.82, 2.24) is 0 Å². The first kappa shape index (κ1) is 11.2. The molecule has 80 valence electrons. The second-order valence-electron chi connectivity index (χ2n) is 3.20. The Balaban J connectivity index is 3.05. The van der Waals surface area contributed by atoms with Crippen LogP contribution in [0.25, 0.3) is 0 Å². The van der Waals surface area contributed by atoms with E-state index in [9.17, 15) is 9.59 Å². The van der Waals surface area contributed by atoms with Gasteiger partial charge in [-0.25, -0.2) is 4.79 Å². The van der Waals surface area contributed by atoms with Gasteiger partial charge in [-0.2, -0.15) is 0 Å². The summed E-state index contributed by atoms with van der Waals surface area (Å²) in [6, 6.07) is 5.10. The van der Waals surface area contributed by atoms with Crippen LogP contribution in [0.1, 0.15) is 22.8 Å². The first-order chi connectivity index (χ1) is 7.04. The second kappa shape index (κ2) is 4.59. The SMILES string of the molecule is COC(=O)c1cc(NC(C)=O)ccc1C. The minimum Gasteiger partial charge on any atom is -0.465 e. The molecule has 15 heavy (non-hydrogen) atoms. The maximum Gasteiger partial charge on any atom is 0.338 e. The lowest BCUT2D eigenvalue weighted by Crippen LogP contribution is -2.09. The van der Waals surface area contributed by atoms with Gasteiger partial charge < -0.3 is 10.1 Å². The van der Waals surface area contributed by atoms with Gasteiger partial charge in [0.05, 0.1) is 12.7 Å². The number of anilines is 1. The molecule has 4 heteroatoms. The molecular weight excluding hydrogens is 194 g/mol.